The maximum Gasteiger partial charge on any atom is 0.492 e. The summed E-state index contributed by atoms with van der Waals surface area (Å²) in [6, 6.07) is 8.85. The number of ether oxygens (including phenoxy) is 1. The molecular formula is C13H13BClNO3S. The second-order valence-corrected chi connectivity index (χ2v) is 5.40. The molecule has 2 N–H and O–H groups in total. The molecule has 0 amide bonds. The normalized spacial score (nSPS) is 10.4. The number of hydrogen-bond acceptors (Lipinski definition) is 5. The van der Waals surface area contributed by atoms with Crippen LogP contribution in [0.5, 0.6) is 5.75 Å². The topological polar surface area (TPSA) is 62.6 Å². The number of benzene rings is 1. The molecule has 7 heteroatoms. The van der Waals surface area contributed by atoms with E-state index in [-0.39, 0.29) is 0 Å². The molecule has 0 spiro atoms. The number of halogens is 1. The number of pyridine rings is 1. The fraction of sp³-hybridized carbons (Fsp3) is 0.154. The third-order valence-corrected chi connectivity index (χ3v) is 4.17. The average molecular weight is 310 g/mol. The standard InChI is InChI=1S/C13H13BClNO3S/c1-19-12-5-4-9(7-10(12)14(17)18)8-20-13-11(15)3-2-6-16-13/h2-7,17-18H,8H2,1H3. The highest BCUT2D eigenvalue weighted by atomic mass is 35.5. The number of aromatic nitrogens is 1. The Kier molecular flexibility index (Phi) is 5.31. The Bertz CT molecular complexity index is 598. The quantitative estimate of drug-likeness (QED) is 0.650. The molecule has 0 saturated carbocycles. The predicted octanol–water partition coefficient (Wildman–Crippen LogP) is 1.72. The summed E-state index contributed by atoms with van der Waals surface area (Å²) in [6.07, 6.45) is 1.69. The number of hydrogen-bond donors (Lipinski definition) is 2. The Morgan fingerprint density at radius 2 is 2.15 bits per heavy atom. The fourth-order valence-corrected chi connectivity index (χ4v) is 2.81. The van der Waals surface area contributed by atoms with Crippen molar-refractivity contribution in [3.63, 3.8) is 0 Å². The summed E-state index contributed by atoms with van der Waals surface area (Å²) >= 11 is 7.52. The number of methoxy groups -OCH3 is 1. The maximum atomic E-state index is 9.32. The third kappa shape index (κ3) is 3.67. The van der Waals surface area contributed by atoms with Crippen LogP contribution in [0, 0.1) is 0 Å². The van der Waals surface area contributed by atoms with Crippen molar-refractivity contribution in [2.75, 3.05) is 7.11 Å². The lowest BCUT2D eigenvalue weighted by Crippen LogP contribution is -2.31. The Hall–Kier alpha value is -1.21. The van der Waals surface area contributed by atoms with Crippen LogP contribution in [0.1, 0.15) is 5.56 Å². The maximum absolute atomic E-state index is 9.32. The van der Waals surface area contributed by atoms with Crippen LogP contribution < -0.4 is 10.2 Å². The van der Waals surface area contributed by atoms with Crippen molar-refractivity contribution in [2.24, 2.45) is 0 Å². The van der Waals surface area contributed by atoms with E-state index >= 15 is 0 Å². The van der Waals surface area contributed by atoms with E-state index in [1.54, 1.807) is 30.5 Å². The van der Waals surface area contributed by atoms with Gasteiger partial charge in [0.1, 0.15) is 10.8 Å². The fourth-order valence-electron chi connectivity index (χ4n) is 1.70. The highest BCUT2D eigenvalue weighted by Gasteiger charge is 2.17. The largest absolute Gasteiger partial charge is 0.497 e. The van der Waals surface area contributed by atoms with Crippen LogP contribution in [0.3, 0.4) is 0 Å². The molecule has 1 heterocycles. The van der Waals surface area contributed by atoms with E-state index < -0.39 is 7.12 Å². The lowest BCUT2D eigenvalue weighted by atomic mass is 9.79. The molecule has 4 nitrogen and oxygen atoms in total. The monoisotopic (exact) mass is 309 g/mol. The summed E-state index contributed by atoms with van der Waals surface area (Å²) in [4.78, 5) is 4.19. The van der Waals surface area contributed by atoms with Crippen LogP contribution in [-0.4, -0.2) is 29.3 Å². The van der Waals surface area contributed by atoms with Gasteiger partial charge >= 0.3 is 7.12 Å². The second kappa shape index (κ2) is 6.99. The minimum Gasteiger partial charge on any atom is -0.497 e. The summed E-state index contributed by atoms with van der Waals surface area (Å²) in [7, 11) is -0.0723. The molecule has 2 rings (SSSR count). The van der Waals surface area contributed by atoms with Crippen LogP contribution in [0.15, 0.2) is 41.6 Å². The molecule has 1 aromatic carbocycles. The van der Waals surface area contributed by atoms with E-state index in [4.69, 9.17) is 16.3 Å². The van der Waals surface area contributed by atoms with Gasteiger partial charge in [0.25, 0.3) is 0 Å². The van der Waals surface area contributed by atoms with Crippen LogP contribution >= 0.6 is 23.4 Å². The summed E-state index contributed by atoms with van der Waals surface area (Å²) in [5.41, 5.74) is 1.28. The molecule has 0 bridgehead atoms. The highest BCUT2D eigenvalue weighted by Crippen LogP contribution is 2.27. The van der Waals surface area contributed by atoms with Crippen molar-refractivity contribution in [1.82, 2.24) is 4.98 Å². The molecule has 0 saturated heterocycles. The SMILES string of the molecule is COc1ccc(CSc2ncccc2Cl)cc1B(O)O. The van der Waals surface area contributed by atoms with Crippen molar-refractivity contribution >= 4 is 35.9 Å². The zero-order chi connectivity index (χ0) is 14.5. The molecule has 2 aromatic rings. The van der Waals surface area contributed by atoms with Gasteiger partial charge in [-0.1, -0.05) is 23.7 Å². The van der Waals surface area contributed by atoms with Gasteiger partial charge in [-0.05, 0) is 23.8 Å². The van der Waals surface area contributed by atoms with E-state index in [0.717, 1.165) is 10.6 Å². The van der Waals surface area contributed by atoms with Crippen molar-refractivity contribution in [3.8, 4) is 5.75 Å². The number of rotatable bonds is 5. The molecule has 0 aliphatic heterocycles. The van der Waals surface area contributed by atoms with Crippen molar-refractivity contribution in [2.45, 2.75) is 10.8 Å². The smallest absolute Gasteiger partial charge is 0.492 e. The van der Waals surface area contributed by atoms with Gasteiger partial charge in [0, 0.05) is 17.4 Å². The van der Waals surface area contributed by atoms with Gasteiger partial charge in [0.2, 0.25) is 0 Å². The van der Waals surface area contributed by atoms with Gasteiger partial charge in [-0.25, -0.2) is 4.98 Å². The first kappa shape index (κ1) is 15.2. The van der Waals surface area contributed by atoms with Crippen molar-refractivity contribution in [3.05, 3.63) is 47.1 Å². The summed E-state index contributed by atoms with van der Waals surface area (Å²) in [6.45, 7) is 0. The van der Waals surface area contributed by atoms with Gasteiger partial charge < -0.3 is 14.8 Å². The lowest BCUT2D eigenvalue weighted by Gasteiger charge is -2.10. The van der Waals surface area contributed by atoms with Crippen molar-refractivity contribution in [1.29, 1.82) is 0 Å². The van der Waals surface area contributed by atoms with Gasteiger partial charge in [0.15, 0.2) is 0 Å². The van der Waals surface area contributed by atoms with Crippen LogP contribution in [0.2, 0.25) is 5.02 Å². The van der Waals surface area contributed by atoms with E-state index in [9.17, 15) is 10.0 Å². The van der Waals surface area contributed by atoms with E-state index in [1.165, 1.54) is 18.9 Å². The van der Waals surface area contributed by atoms with E-state index in [1.807, 2.05) is 6.07 Å². The zero-order valence-corrected chi connectivity index (χ0v) is 12.4. The van der Waals surface area contributed by atoms with Gasteiger partial charge in [-0.15, -0.1) is 11.8 Å². The molecular weight excluding hydrogens is 296 g/mol. The average Bonchev–Trinajstić information content (AvgIpc) is 2.46. The first-order valence-electron chi connectivity index (χ1n) is 5.88. The molecule has 0 aliphatic rings. The molecule has 104 valence electrons. The first-order chi connectivity index (χ1) is 9.61. The Morgan fingerprint density at radius 3 is 2.80 bits per heavy atom. The molecule has 0 fully saturated rings. The van der Waals surface area contributed by atoms with Gasteiger partial charge in [-0.3, -0.25) is 0 Å². The number of thioether (sulfide) groups is 1. The van der Waals surface area contributed by atoms with Crippen LogP contribution in [0.25, 0.3) is 0 Å². The highest BCUT2D eigenvalue weighted by molar-refractivity contribution is 7.98. The Morgan fingerprint density at radius 1 is 1.35 bits per heavy atom. The number of nitrogens with zero attached hydrogens (tertiary/aromatic N) is 1. The summed E-state index contributed by atoms with van der Waals surface area (Å²) in [5, 5.41) is 20.0. The Balaban J connectivity index is 2.14. The van der Waals surface area contributed by atoms with Gasteiger partial charge in [-0.2, -0.15) is 0 Å². The molecule has 20 heavy (non-hydrogen) atoms. The van der Waals surface area contributed by atoms with Crippen molar-refractivity contribution < 1.29 is 14.8 Å². The lowest BCUT2D eigenvalue weighted by molar-refractivity contribution is 0.403. The van der Waals surface area contributed by atoms with Crippen LogP contribution in [0.4, 0.5) is 0 Å². The molecule has 0 atom stereocenters. The zero-order valence-electron chi connectivity index (χ0n) is 10.8. The minimum absolute atomic E-state index is 0.345. The van der Waals surface area contributed by atoms with Crippen LogP contribution in [-0.2, 0) is 5.75 Å². The molecule has 1 aromatic heterocycles. The third-order valence-electron chi connectivity index (χ3n) is 2.67. The second-order valence-electron chi connectivity index (χ2n) is 4.03. The van der Waals surface area contributed by atoms with Gasteiger partial charge in [0.05, 0.1) is 12.1 Å². The Labute approximate surface area is 126 Å². The first-order valence-corrected chi connectivity index (χ1v) is 7.24. The summed E-state index contributed by atoms with van der Waals surface area (Å²) in [5.74, 6) is 1.07. The minimum atomic E-state index is -1.56. The van der Waals surface area contributed by atoms with E-state index in [0.29, 0.717) is 22.0 Å². The van der Waals surface area contributed by atoms with E-state index in [2.05, 4.69) is 4.98 Å². The summed E-state index contributed by atoms with van der Waals surface area (Å²) < 4.78 is 5.08. The molecule has 0 unspecified atom stereocenters. The molecule has 0 radical (unpaired) electrons. The molecule has 0 aliphatic carbocycles. The predicted molar refractivity (Wildman–Crippen MR) is 81.6 cm³/mol.